The lowest BCUT2D eigenvalue weighted by Crippen LogP contribution is -2.26. The van der Waals surface area contributed by atoms with Crippen molar-refractivity contribution in [1.29, 1.82) is 0 Å². The minimum atomic E-state index is -2.41. The van der Waals surface area contributed by atoms with E-state index in [1.807, 2.05) is 20.8 Å². The van der Waals surface area contributed by atoms with Gasteiger partial charge in [0.1, 0.15) is 0 Å². The predicted molar refractivity (Wildman–Crippen MR) is 55.0 cm³/mol. The van der Waals surface area contributed by atoms with Crippen molar-refractivity contribution < 1.29 is 8.78 Å². The first-order valence-corrected chi connectivity index (χ1v) is 5.11. The van der Waals surface area contributed by atoms with Crippen LogP contribution in [0, 0.1) is 0 Å². The Morgan fingerprint density at radius 1 is 1.47 bits per heavy atom. The van der Waals surface area contributed by atoms with Gasteiger partial charge < -0.3 is 5.32 Å². The third kappa shape index (κ3) is 2.99. The van der Waals surface area contributed by atoms with Gasteiger partial charge in [0.05, 0.1) is 12.2 Å². The summed E-state index contributed by atoms with van der Waals surface area (Å²) < 4.78 is 27.0. The Morgan fingerprint density at radius 3 is 2.53 bits per heavy atom. The second-order valence-electron chi connectivity index (χ2n) is 3.72. The van der Waals surface area contributed by atoms with Crippen molar-refractivity contribution in [3.8, 4) is 0 Å². The molecule has 0 saturated carbocycles. The van der Waals surface area contributed by atoms with Crippen molar-refractivity contribution in [2.45, 2.75) is 39.3 Å². The Morgan fingerprint density at radius 2 is 2.13 bits per heavy atom. The summed E-state index contributed by atoms with van der Waals surface area (Å²) in [6.07, 6.45) is 0.763. The molecule has 86 valence electrons. The van der Waals surface area contributed by atoms with E-state index < -0.39 is 12.5 Å². The molecule has 5 heteroatoms. The highest BCUT2D eigenvalue weighted by molar-refractivity contribution is 5.11. The molecule has 0 fully saturated rings. The summed E-state index contributed by atoms with van der Waals surface area (Å²) in [5.41, 5.74) is 0.542. The normalized spacial score (nSPS) is 13.8. The maximum Gasteiger partial charge on any atom is 0.257 e. The van der Waals surface area contributed by atoms with Gasteiger partial charge in [0.2, 0.25) is 0 Å². The second kappa shape index (κ2) is 5.21. The van der Waals surface area contributed by atoms with Crippen molar-refractivity contribution in [3.63, 3.8) is 0 Å². The maximum absolute atomic E-state index is 12.7. The van der Waals surface area contributed by atoms with Gasteiger partial charge in [-0.2, -0.15) is 5.10 Å². The van der Waals surface area contributed by atoms with Gasteiger partial charge in [-0.25, -0.2) is 8.78 Å². The zero-order valence-electron chi connectivity index (χ0n) is 9.24. The molecule has 0 radical (unpaired) electrons. The van der Waals surface area contributed by atoms with Crippen molar-refractivity contribution in [2.24, 2.45) is 0 Å². The van der Waals surface area contributed by atoms with Crippen LogP contribution in [0.4, 0.5) is 8.78 Å². The summed E-state index contributed by atoms with van der Waals surface area (Å²) in [7, 11) is 0. The SMILES string of the molecule is CCNC(c1cnn(C(C)C)c1)C(F)F. The molecule has 1 aromatic rings. The highest BCUT2D eigenvalue weighted by atomic mass is 19.3. The zero-order chi connectivity index (χ0) is 11.4. The molecule has 15 heavy (non-hydrogen) atoms. The molecule has 0 amide bonds. The number of nitrogens with zero attached hydrogens (tertiary/aromatic N) is 2. The average Bonchev–Trinajstić information content (AvgIpc) is 2.62. The molecule has 1 aromatic heterocycles. The first-order valence-electron chi connectivity index (χ1n) is 5.11. The fourth-order valence-electron chi connectivity index (χ4n) is 1.37. The zero-order valence-corrected chi connectivity index (χ0v) is 9.24. The molecule has 0 spiro atoms. The van der Waals surface area contributed by atoms with E-state index in [1.54, 1.807) is 10.9 Å². The van der Waals surface area contributed by atoms with E-state index in [1.165, 1.54) is 6.20 Å². The molecule has 1 unspecified atom stereocenters. The van der Waals surface area contributed by atoms with Crippen LogP contribution in [-0.4, -0.2) is 22.8 Å². The van der Waals surface area contributed by atoms with Gasteiger partial charge in [-0.15, -0.1) is 0 Å². The van der Waals surface area contributed by atoms with Crippen LogP contribution in [0.2, 0.25) is 0 Å². The highest BCUT2D eigenvalue weighted by Gasteiger charge is 2.22. The van der Waals surface area contributed by atoms with Gasteiger partial charge in [0.15, 0.2) is 0 Å². The number of nitrogens with one attached hydrogen (secondary N) is 1. The monoisotopic (exact) mass is 217 g/mol. The van der Waals surface area contributed by atoms with Crippen LogP contribution in [-0.2, 0) is 0 Å². The summed E-state index contributed by atoms with van der Waals surface area (Å²) in [6.45, 7) is 6.24. The number of hydrogen-bond acceptors (Lipinski definition) is 2. The maximum atomic E-state index is 12.7. The standard InChI is InChI=1S/C10H17F2N3/c1-4-13-9(10(11)12)8-5-14-15(6-8)7(2)3/h5-7,9-10,13H,4H2,1-3H3. The van der Waals surface area contributed by atoms with E-state index in [-0.39, 0.29) is 6.04 Å². The van der Waals surface area contributed by atoms with Crippen LogP contribution in [0.5, 0.6) is 0 Å². The Hall–Kier alpha value is -0.970. The van der Waals surface area contributed by atoms with Crippen molar-refractivity contribution in [2.75, 3.05) is 6.54 Å². The van der Waals surface area contributed by atoms with Crippen molar-refractivity contribution in [3.05, 3.63) is 18.0 Å². The Balaban J connectivity index is 2.81. The van der Waals surface area contributed by atoms with Gasteiger partial charge in [-0.3, -0.25) is 4.68 Å². The average molecular weight is 217 g/mol. The smallest absolute Gasteiger partial charge is 0.257 e. The number of alkyl halides is 2. The molecule has 0 aliphatic rings. The second-order valence-corrected chi connectivity index (χ2v) is 3.72. The van der Waals surface area contributed by atoms with E-state index >= 15 is 0 Å². The number of halogens is 2. The van der Waals surface area contributed by atoms with Gasteiger partial charge in [-0.1, -0.05) is 6.92 Å². The molecule has 0 aliphatic carbocycles. The lowest BCUT2D eigenvalue weighted by atomic mass is 10.1. The van der Waals surface area contributed by atoms with E-state index in [9.17, 15) is 8.78 Å². The van der Waals surface area contributed by atoms with Gasteiger partial charge in [-0.05, 0) is 20.4 Å². The molecule has 3 nitrogen and oxygen atoms in total. The van der Waals surface area contributed by atoms with Crippen LogP contribution in [0.1, 0.15) is 38.4 Å². The first-order chi connectivity index (χ1) is 7.06. The Kier molecular flexibility index (Phi) is 4.20. The quantitative estimate of drug-likeness (QED) is 0.820. The third-order valence-corrected chi connectivity index (χ3v) is 2.19. The molecule has 0 saturated heterocycles. The summed E-state index contributed by atoms with van der Waals surface area (Å²) in [5.74, 6) is 0. The van der Waals surface area contributed by atoms with Crippen LogP contribution < -0.4 is 5.32 Å². The number of rotatable bonds is 5. The number of hydrogen-bond donors (Lipinski definition) is 1. The minimum Gasteiger partial charge on any atom is -0.305 e. The van der Waals surface area contributed by atoms with E-state index in [0.29, 0.717) is 12.1 Å². The summed E-state index contributed by atoms with van der Waals surface area (Å²) in [6, 6.07) is -0.721. The summed E-state index contributed by atoms with van der Waals surface area (Å²) >= 11 is 0. The third-order valence-electron chi connectivity index (χ3n) is 2.19. The molecule has 1 heterocycles. The van der Waals surface area contributed by atoms with E-state index in [2.05, 4.69) is 10.4 Å². The lowest BCUT2D eigenvalue weighted by Gasteiger charge is -2.14. The van der Waals surface area contributed by atoms with Crippen molar-refractivity contribution in [1.82, 2.24) is 15.1 Å². The van der Waals surface area contributed by atoms with Crippen LogP contribution in [0.25, 0.3) is 0 Å². The minimum absolute atomic E-state index is 0.193. The largest absolute Gasteiger partial charge is 0.305 e. The fraction of sp³-hybridized carbons (Fsp3) is 0.700. The molecule has 1 N–H and O–H groups in total. The van der Waals surface area contributed by atoms with Crippen molar-refractivity contribution >= 4 is 0 Å². The summed E-state index contributed by atoms with van der Waals surface area (Å²) in [5, 5.41) is 6.79. The molecule has 0 aromatic carbocycles. The first kappa shape index (κ1) is 12.1. The predicted octanol–water partition coefficient (Wildman–Crippen LogP) is 2.38. The fourth-order valence-corrected chi connectivity index (χ4v) is 1.37. The molecular weight excluding hydrogens is 200 g/mol. The molecule has 0 aliphatic heterocycles. The van der Waals surface area contributed by atoms with Crippen LogP contribution in [0.15, 0.2) is 12.4 Å². The van der Waals surface area contributed by atoms with E-state index in [4.69, 9.17) is 0 Å². The molecule has 1 rings (SSSR count). The summed E-state index contributed by atoms with van der Waals surface area (Å²) in [4.78, 5) is 0. The lowest BCUT2D eigenvalue weighted by molar-refractivity contribution is 0.0992. The van der Waals surface area contributed by atoms with E-state index in [0.717, 1.165) is 0 Å². The Bertz CT molecular complexity index is 297. The van der Waals surface area contributed by atoms with Gasteiger partial charge >= 0.3 is 0 Å². The van der Waals surface area contributed by atoms with Crippen LogP contribution >= 0.6 is 0 Å². The highest BCUT2D eigenvalue weighted by Crippen LogP contribution is 2.20. The Labute approximate surface area is 88.5 Å². The number of aromatic nitrogens is 2. The van der Waals surface area contributed by atoms with Gasteiger partial charge in [0, 0.05) is 17.8 Å². The molecule has 1 atom stereocenters. The van der Waals surface area contributed by atoms with Gasteiger partial charge in [0.25, 0.3) is 6.43 Å². The topological polar surface area (TPSA) is 29.9 Å². The van der Waals surface area contributed by atoms with Crippen LogP contribution in [0.3, 0.4) is 0 Å². The molecule has 0 bridgehead atoms. The molecular formula is C10H17F2N3.